The van der Waals surface area contributed by atoms with Crippen LogP contribution in [-0.2, 0) is 0 Å². The predicted octanol–water partition coefficient (Wildman–Crippen LogP) is 39.2. The largest absolute Gasteiger partial charge is 0.303 e. The van der Waals surface area contributed by atoms with Crippen molar-refractivity contribution in [3.63, 3.8) is 0 Å². The van der Waals surface area contributed by atoms with Gasteiger partial charge in [0.1, 0.15) is 0 Å². The Morgan fingerprint density at radius 3 is 0.549 bits per heavy atom. The summed E-state index contributed by atoms with van der Waals surface area (Å²) in [6, 6.07) is 0. The third kappa shape index (κ3) is 32.1. The molecular formula is C121H227N. The molecule has 1 nitrogen and oxygen atoms in total. The van der Waals surface area contributed by atoms with Crippen molar-refractivity contribution in [2.45, 2.75) is 556 Å². The summed E-state index contributed by atoms with van der Waals surface area (Å²) in [6.07, 6.45) is 102. The van der Waals surface area contributed by atoms with E-state index in [0.29, 0.717) is 0 Å². The zero-order valence-electron chi connectivity index (χ0n) is 87.4. The van der Waals surface area contributed by atoms with Crippen molar-refractivity contribution in [1.82, 2.24) is 4.90 Å². The van der Waals surface area contributed by atoms with Gasteiger partial charge in [0.05, 0.1) is 0 Å². The van der Waals surface area contributed by atoms with Crippen molar-refractivity contribution in [2.75, 3.05) is 19.6 Å². The average Bonchev–Trinajstić information content (AvgIpc) is 1.46. The van der Waals surface area contributed by atoms with E-state index >= 15 is 0 Å². The second-order valence-corrected chi connectivity index (χ2v) is 48.5. The van der Waals surface area contributed by atoms with Gasteiger partial charge in [-0.15, -0.1) is 0 Å². The van der Waals surface area contributed by atoms with Crippen LogP contribution < -0.4 is 0 Å². The molecule has 0 radical (unpaired) electrons. The average molecular weight is 1700 g/mol. The number of piperidine rings is 3. The highest BCUT2D eigenvalue weighted by Gasteiger charge is 2.51. The van der Waals surface area contributed by atoms with E-state index < -0.39 is 0 Å². The van der Waals surface area contributed by atoms with Crippen molar-refractivity contribution >= 4 is 0 Å². The molecule has 0 N–H and O–H groups in total. The Labute approximate surface area is 769 Å². The first-order valence-corrected chi connectivity index (χ1v) is 59.5. The molecule has 0 aromatic rings. The quantitative estimate of drug-likeness (QED) is 0.234. The molecule has 32 bridgehead atoms. The summed E-state index contributed by atoms with van der Waals surface area (Å²) in [6.45, 7) is 46.2. The summed E-state index contributed by atoms with van der Waals surface area (Å²) in [5.74, 6) is 35.9. The third-order valence-corrected chi connectivity index (χ3v) is 40.6. The van der Waals surface area contributed by atoms with Crippen molar-refractivity contribution in [2.24, 2.45) is 194 Å². The first-order valence-electron chi connectivity index (χ1n) is 59.5. The maximum absolute atomic E-state index is 2.58. The summed E-state index contributed by atoms with van der Waals surface area (Å²) < 4.78 is 0. The van der Waals surface area contributed by atoms with Gasteiger partial charge in [0.25, 0.3) is 0 Å². The highest BCUT2D eigenvalue weighted by molar-refractivity contribution is 5.02. The van der Waals surface area contributed by atoms with Crippen molar-refractivity contribution in [1.29, 1.82) is 0 Å². The zero-order chi connectivity index (χ0) is 87.6. The summed E-state index contributed by atoms with van der Waals surface area (Å²) >= 11 is 0. The van der Waals surface area contributed by atoms with Crippen LogP contribution >= 0.6 is 0 Å². The summed E-state index contributed by atoms with van der Waals surface area (Å²) in [4.78, 5) is 2.58. The Bertz CT molecular complexity index is 2240. The lowest BCUT2D eigenvalue weighted by Crippen LogP contribution is -2.44. The Morgan fingerprint density at radius 1 is 0.156 bits per heavy atom. The molecule has 35 aliphatic rings. The van der Waals surface area contributed by atoms with E-state index in [0.717, 1.165) is 111 Å². The van der Waals surface area contributed by atoms with E-state index in [1.54, 1.807) is 302 Å². The number of hydrogen-bond donors (Lipinski definition) is 0. The second-order valence-electron chi connectivity index (χ2n) is 48.5. The molecule has 35 fully saturated rings. The maximum Gasteiger partial charge on any atom is -0.00161 e. The molecule has 0 aromatic carbocycles. The molecule has 32 aliphatic carbocycles. The smallest absolute Gasteiger partial charge is 0.00161 e. The van der Waals surface area contributed by atoms with E-state index in [-0.39, 0.29) is 0 Å². The lowest BCUT2D eigenvalue weighted by molar-refractivity contribution is -0.0411. The lowest BCUT2D eigenvalue weighted by atomic mass is 9.50. The monoisotopic (exact) mass is 1690 g/mol. The summed E-state index contributed by atoms with van der Waals surface area (Å²) in [5, 5.41) is 0. The van der Waals surface area contributed by atoms with Crippen LogP contribution in [0, 0.1) is 194 Å². The molecule has 0 unspecified atom stereocenters. The van der Waals surface area contributed by atoms with Crippen LogP contribution in [0.15, 0.2) is 0 Å². The fourth-order valence-electron chi connectivity index (χ4n) is 35.4. The summed E-state index contributed by atoms with van der Waals surface area (Å²) in [7, 11) is 0. The molecule has 32 saturated carbocycles. The number of hydrogen-bond acceptors (Lipinski definition) is 1. The first kappa shape index (κ1) is 106. The fraction of sp³-hybridized carbons (Fsp3) is 1.00. The van der Waals surface area contributed by atoms with E-state index in [1.807, 2.05) is 111 Å². The Kier molecular flexibility index (Phi) is 48.7. The zero-order valence-corrected chi connectivity index (χ0v) is 87.4. The Hall–Kier alpha value is -0.0400. The van der Waals surface area contributed by atoms with E-state index in [1.165, 1.54) is 218 Å². The van der Waals surface area contributed by atoms with Gasteiger partial charge in [0.15, 0.2) is 0 Å². The molecule has 0 spiro atoms. The van der Waals surface area contributed by atoms with Crippen molar-refractivity contribution < 1.29 is 0 Å². The van der Waals surface area contributed by atoms with Gasteiger partial charge in [-0.25, -0.2) is 0 Å². The molecule has 3 aliphatic heterocycles. The van der Waals surface area contributed by atoms with Crippen LogP contribution in [0.1, 0.15) is 556 Å². The highest BCUT2D eigenvalue weighted by Crippen LogP contribution is 2.62. The summed E-state index contributed by atoms with van der Waals surface area (Å²) in [5.41, 5.74) is 1.58. The predicted molar refractivity (Wildman–Crippen MR) is 543 cm³/mol. The minimum atomic E-state index is 0.779. The minimum Gasteiger partial charge on any atom is -0.303 e. The standard InChI is InChI=1S/2C11H18.2C10H18.2C9H14.C9H16.C8H14.C7H13N.3C7H12.8C2H6/c1-11-5-8-2-9(6-11)4-10(3-8)7-11;1-7-10-3-8-2-9(5-10)6-11(7)4-8;1-10-6-2-4-9(8-10)5-3-7-10;1-8-9-4-2-5-10(8)7-3-6-9;2*1-6-2-8-4-7(1)5-9(8)3-6;1-3-8-5-2-6-9(4-1)7-8;1-2-8-5-3-7(1)4-6-8;1-4-8-5-2-7(1)3-6-8;2*1-2-7-4-3-6(1)5-7;1-2-6-4-7(3-1)5-6;8*1-2/h8-10H,2-7H2,1H3;7-11H,2-6H2,1H3;9H,2-8H2,1H3;8-10H,2-7H2,1H3;2*6-9H,1-5H2;8-9H,1-7H2;7-8H,1-6H2;7H,1-6H2;3*6-7H,1-5H2;8*1-2H3. The lowest BCUT2D eigenvalue weighted by Gasteiger charge is -2.55. The Morgan fingerprint density at radius 2 is 0.352 bits per heavy atom. The molecule has 1 heteroatoms. The molecule has 0 amide bonds. The van der Waals surface area contributed by atoms with Crippen LogP contribution in [0.2, 0.25) is 0 Å². The molecule has 716 valence electrons. The molecule has 3 heterocycles. The SMILES string of the molecule is C1C2CC3CC1CC3C2.C1C2CC3CC1CC3C2.C1CC2CC(C1)C2.C1CC2CCC1C2.C1CC2CCC1C2.C1CC2CCC1CC2.C1CC2CCCC(C1)C2.C1CN2CCC1CC2.CC.CC.CC.CC.CC.CC.CC.CC.CC12CC3CC(CC(C3)C1)C2.CC12CCCC(CCC1)C2.CC1C2CC3CC(C2)CC1C3.CC1C2CCCC1CCC2. The van der Waals surface area contributed by atoms with Crippen LogP contribution in [-0.4, -0.2) is 24.5 Å². The first-order chi connectivity index (χ1) is 59.8. The van der Waals surface area contributed by atoms with Crippen molar-refractivity contribution in [3.8, 4) is 0 Å². The van der Waals surface area contributed by atoms with Crippen LogP contribution in [0.4, 0.5) is 0 Å². The van der Waals surface area contributed by atoms with Gasteiger partial charge < -0.3 is 4.90 Å². The van der Waals surface area contributed by atoms with Gasteiger partial charge in [-0.05, 0) is 419 Å². The van der Waals surface area contributed by atoms with E-state index in [4.69, 9.17) is 0 Å². The van der Waals surface area contributed by atoms with Gasteiger partial charge in [0.2, 0.25) is 0 Å². The number of rotatable bonds is 0. The third-order valence-electron chi connectivity index (χ3n) is 40.6. The fourth-order valence-corrected chi connectivity index (χ4v) is 35.4. The van der Waals surface area contributed by atoms with Crippen LogP contribution in [0.5, 0.6) is 0 Å². The Balaban J connectivity index is 0.000000149. The van der Waals surface area contributed by atoms with E-state index in [9.17, 15) is 0 Å². The van der Waals surface area contributed by atoms with Gasteiger partial charge in [0, 0.05) is 0 Å². The normalized spacial score (nSPS) is 45.3. The highest BCUT2D eigenvalue weighted by atomic mass is 15.1. The molecule has 35 rings (SSSR count). The van der Waals surface area contributed by atoms with Gasteiger partial charge in [-0.3, -0.25) is 0 Å². The molecular weight excluding hydrogens is 1470 g/mol. The molecule has 0 atom stereocenters. The maximum atomic E-state index is 2.58. The van der Waals surface area contributed by atoms with Crippen LogP contribution in [0.3, 0.4) is 0 Å². The van der Waals surface area contributed by atoms with Crippen LogP contribution in [0.25, 0.3) is 0 Å². The number of nitrogens with zero attached hydrogens (tertiary/aromatic N) is 1. The second kappa shape index (κ2) is 56.2. The van der Waals surface area contributed by atoms with Gasteiger partial charge in [-0.2, -0.15) is 0 Å². The molecule has 0 aromatic heterocycles. The number of fused-ring (bicyclic) bond motifs is 18. The topological polar surface area (TPSA) is 3.24 Å². The molecule has 122 heavy (non-hydrogen) atoms. The minimum absolute atomic E-state index is 0.779. The van der Waals surface area contributed by atoms with Crippen molar-refractivity contribution in [3.05, 3.63) is 0 Å². The van der Waals surface area contributed by atoms with E-state index in [2.05, 4.69) is 32.6 Å². The van der Waals surface area contributed by atoms with Gasteiger partial charge >= 0.3 is 0 Å². The van der Waals surface area contributed by atoms with Gasteiger partial charge in [-0.1, -0.05) is 350 Å². The molecule has 3 saturated heterocycles.